The van der Waals surface area contributed by atoms with Crippen LogP contribution >= 0.6 is 0 Å². The van der Waals surface area contributed by atoms with E-state index in [2.05, 4.69) is 55.1 Å². The van der Waals surface area contributed by atoms with Crippen molar-refractivity contribution in [2.75, 3.05) is 14.2 Å². The van der Waals surface area contributed by atoms with Crippen LogP contribution < -0.4 is 10.9 Å². The van der Waals surface area contributed by atoms with Crippen LogP contribution in [-0.4, -0.2) is 31.5 Å². The van der Waals surface area contributed by atoms with Gasteiger partial charge < -0.3 is 19.6 Å². The summed E-state index contributed by atoms with van der Waals surface area (Å²) in [4.78, 5) is 32.3. The lowest BCUT2D eigenvalue weighted by Gasteiger charge is -2.10. The highest BCUT2D eigenvalue weighted by Crippen LogP contribution is 2.25. The standard InChI is InChI=1S/C15H21NO4.C12H18.C2H4O2/c1-4-11(17)14-12(18)9-13(20-15(14)19)10(2)7-5-6-8-16-3;1-4-11-5-7-12(8-6-11)9-10(2)3;1-4-2-3/h6,8-10,16,18H,4-5,7H2,1-3H3;5-8,10H,4,9H2,1-3H3;2H,1H3/b8-6+;;. The molecule has 0 spiro atoms. The third-order valence-corrected chi connectivity index (χ3v) is 5.26. The van der Waals surface area contributed by atoms with E-state index in [4.69, 9.17) is 9.21 Å². The van der Waals surface area contributed by atoms with Gasteiger partial charge in [0.25, 0.3) is 6.47 Å². The van der Waals surface area contributed by atoms with Crippen molar-refractivity contribution in [3.63, 3.8) is 0 Å². The van der Waals surface area contributed by atoms with Crippen LogP contribution in [0.3, 0.4) is 0 Å². The van der Waals surface area contributed by atoms with Gasteiger partial charge in [-0.25, -0.2) is 4.79 Å². The van der Waals surface area contributed by atoms with Crippen LogP contribution in [0.5, 0.6) is 5.75 Å². The number of rotatable bonds is 11. The highest BCUT2D eigenvalue weighted by molar-refractivity contribution is 5.97. The molecule has 200 valence electrons. The number of hydrogen-bond acceptors (Lipinski definition) is 7. The molecule has 1 heterocycles. The second-order valence-corrected chi connectivity index (χ2v) is 8.74. The fraction of sp³-hybridized carbons (Fsp3) is 0.483. The fourth-order valence-corrected chi connectivity index (χ4v) is 3.25. The first-order valence-corrected chi connectivity index (χ1v) is 12.4. The number of aromatic hydroxyl groups is 1. The third-order valence-electron chi connectivity index (χ3n) is 5.26. The fourth-order valence-electron chi connectivity index (χ4n) is 3.25. The Bertz CT molecular complexity index is 976. The van der Waals surface area contributed by atoms with Gasteiger partial charge in [-0.05, 0) is 48.9 Å². The first-order chi connectivity index (χ1) is 17.1. The molecule has 2 N–H and O–H groups in total. The zero-order valence-electron chi connectivity index (χ0n) is 22.8. The van der Waals surface area contributed by atoms with E-state index in [0.29, 0.717) is 12.2 Å². The van der Waals surface area contributed by atoms with Gasteiger partial charge in [-0.3, -0.25) is 9.59 Å². The molecule has 7 nitrogen and oxygen atoms in total. The molecule has 7 heteroatoms. The number of ether oxygens (including phenoxy) is 1. The molecule has 0 fully saturated rings. The summed E-state index contributed by atoms with van der Waals surface area (Å²) in [7, 11) is 3.13. The molecule has 0 saturated carbocycles. The molecule has 0 saturated heterocycles. The summed E-state index contributed by atoms with van der Waals surface area (Å²) < 4.78 is 9.02. The number of ketones is 1. The van der Waals surface area contributed by atoms with Gasteiger partial charge in [-0.15, -0.1) is 0 Å². The molecule has 1 aromatic carbocycles. The first-order valence-electron chi connectivity index (χ1n) is 12.4. The van der Waals surface area contributed by atoms with Crippen LogP contribution in [0.1, 0.15) is 87.0 Å². The monoisotopic (exact) mass is 501 g/mol. The molecule has 0 radical (unpaired) electrons. The lowest BCUT2D eigenvalue weighted by atomic mass is 10.0. The van der Waals surface area contributed by atoms with Crippen molar-refractivity contribution in [3.05, 3.63) is 75.5 Å². The zero-order valence-corrected chi connectivity index (χ0v) is 22.8. The second-order valence-electron chi connectivity index (χ2n) is 8.74. The average Bonchev–Trinajstić information content (AvgIpc) is 2.86. The Hall–Kier alpha value is -3.35. The van der Waals surface area contributed by atoms with Crippen LogP contribution in [0, 0.1) is 5.92 Å². The Morgan fingerprint density at radius 3 is 2.17 bits per heavy atom. The summed E-state index contributed by atoms with van der Waals surface area (Å²) in [5.41, 5.74) is 1.88. The normalized spacial score (nSPS) is 11.1. The van der Waals surface area contributed by atoms with E-state index >= 15 is 0 Å². The van der Waals surface area contributed by atoms with Crippen molar-refractivity contribution in [3.8, 4) is 5.75 Å². The van der Waals surface area contributed by atoms with E-state index in [1.165, 1.54) is 30.7 Å². The number of carbonyl (C=O) groups is 2. The molecular weight excluding hydrogens is 458 g/mol. The Labute approximate surface area is 215 Å². The van der Waals surface area contributed by atoms with Crippen molar-refractivity contribution < 1.29 is 23.8 Å². The van der Waals surface area contributed by atoms with Gasteiger partial charge in [-0.1, -0.05) is 65.0 Å². The predicted octanol–water partition coefficient (Wildman–Crippen LogP) is 5.79. The van der Waals surface area contributed by atoms with Crippen LogP contribution in [0.15, 0.2) is 51.8 Å². The second kappa shape index (κ2) is 18.9. The van der Waals surface area contributed by atoms with E-state index in [1.807, 2.05) is 26.2 Å². The van der Waals surface area contributed by atoms with Gasteiger partial charge in [0.2, 0.25) is 0 Å². The smallest absolute Gasteiger partial charge is 0.350 e. The van der Waals surface area contributed by atoms with Crippen molar-refractivity contribution in [1.29, 1.82) is 0 Å². The van der Waals surface area contributed by atoms with E-state index in [9.17, 15) is 14.7 Å². The summed E-state index contributed by atoms with van der Waals surface area (Å²) in [5.74, 6) is 0.449. The first kappa shape index (κ1) is 32.7. The molecule has 0 aliphatic heterocycles. The van der Waals surface area contributed by atoms with Gasteiger partial charge >= 0.3 is 5.63 Å². The summed E-state index contributed by atoms with van der Waals surface area (Å²) in [5, 5.41) is 12.7. The highest BCUT2D eigenvalue weighted by Gasteiger charge is 2.19. The Morgan fingerprint density at radius 1 is 1.14 bits per heavy atom. The summed E-state index contributed by atoms with van der Waals surface area (Å²) in [6.07, 6.45) is 7.91. The van der Waals surface area contributed by atoms with Crippen LogP contribution in [-0.2, 0) is 22.4 Å². The molecular formula is C29H43NO6. The minimum atomic E-state index is -0.760. The molecule has 2 aromatic rings. The molecule has 0 aliphatic carbocycles. The molecule has 2 rings (SSSR count). The molecule has 0 aliphatic rings. The van der Waals surface area contributed by atoms with Crippen LogP contribution in [0.4, 0.5) is 0 Å². The van der Waals surface area contributed by atoms with Gasteiger partial charge in [0.1, 0.15) is 17.1 Å². The van der Waals surface area contributed by atoms with Gasteiger partial charge in [-0.2, -0.15) is 0 Å². The minimum absolute atomic E-state index is 0.0131. The Kier molecular flexibility index (Phi) is 17.2. The average molecular weight is 502 g/mol. The van der Waals surface area contributed by atoms with Gasteiger partial charge in [0, 0.05) is 25.5 Å². The lowest BCUT2D eigenvalue weighted by molar-refractivity contribution is -0.126. The van der Waals surface area contributed by atoms with Crippen molar-refractivity contribution in [2.24, 2.45) is 5.92 Å². The number of carbonyl (C=O) groups excluding carboxylic acids is 2. The van der Waals surface area contributed by atoms with Crippen LogP contribution in [0.2, 0.25) is 0 Å². The van der Waals surface area contributed by atoms with Crippen molar-refractivity contribution in [1.82, 2.24) is 5.32 Å². The maximum absolute atomic E-state index is 11.8. The summed E-state index contributed by atoms with van der Waals surface area (Å²) >= 11 is 0. The number of aryl methyl sites for hydroxylation is 1. The quantitative estimate of drug-likeness (QED) is 0.296. The topological polar surface area (TPSA) is 106 Å². The molecule has 0 amide bonds. The third kappa shape index (κ3) is 12.9. The number of hydrogen-bond donors (Lipinski definition) is 2. The molecule has 0 bridgehead atoms. The number of Topliss-reactive ketones (excluding diaryl/α,β-unsaturated/α-hetero) is 1. The lowest BCUT2D eigenvalue weighted by Crippen LogP contribution is -2.15. The highest BCUT2D eigenvalue weighted by atomic mass is 16.5. The van der Waals surface area contributed by atoms with Crippen molar-refractivity contribution in [2.45, 2.75) is 72.6 Å². The zero-order chi connectivity index (χ0) is 27.5. The number of methoxy groups -OCH3 is 1. The van der Waals surface area contributed by atoms with Gasteiger partial charge in [0.15, 0.2) is 5.78 Å². The van der Waals surface area contributed by atoms with E-state index in [-0.39, 0.29) is 23.7 Å². The molecule has 36 heavy (non-hydrogen) atoms. The van der Waals surface area contributed by atoms with Crippen LogP contribution in [0.25, 0.3) is 0 Å². The van der Waals surface area contributed by atoms with Crippen molar-refractivity contribution >= 4 is 12.3 Å². The maximum Gasteiger partial charge on any atom is 0.350 e. The number of nitrogens with one attached hydrogen (secondary N) is 1. The summed E-state index contributed by atoms with van der Waals surface area (Å²) in [6, 6.07) is 10.3. The summed E-state index contributed by atoms with van der Waals surface area (Å²) in [6.45, 7) is 10.6. The number of benzene rings is 1. The largest absolute Gasteiger partial charge is 0.507 e. The number of allylic oxidation sites excluding steroid dienone is 1. The van der Waals surface area contributed by atoms with Gasteiger partial charge in [0.05, 0.1) is 7.11 Å². The SMILES string of the molecule is CCC(=O)c1c(O)cc(C(C)CC/C=C/NC)oc1=O.CCc1ccc(CC(C)C)cc1.COC=O. The van der Waals surface area contributed by atoms with E-state index < -0.39 is 11.4 Å². The minimum Gasteiger partial charge on any atom is -0.507 e. The maximum atomic E-state index is 11.8. The predicted molar refractivity (Wildman–Crippen MR) is 145 cm³/mol. The van der Waals surface area contributed by atoms with E-state index in [1.54, 1.807) is 6.92 Å². The molecule has 1 atom stereocenters. The molecule has 1 unspecified atom stereocenters. The Balaban J connectivity index is 0.000000645. The molecule has 1 aromatic heterocycles. The Morgan fingerprint density at radius 2 is 1.72 bits per heavy atom. The van der Waals surface area contributed by atoms with E-state index in [0.717, 1.165) is 25.2 Å².